The van der Waals surface area contributed by atoms with Crippen molar-refractivity contribution in [1.82, 2.24) is 4.72 Å². The molecule has 1 aliphatic rings. The van der Waals surface area contributed by atoms with E-state index in [4.69, 9.17) is 5.73 Å². The summed E-state index contributed by atoms with van der Waals surface area (Å²) in [6.07, 6.45) is 1.85. The largest absolute Gasteiger partial charge is 0.324 e. The van der Waals surface area contributed by atoms with E-state index in [9.17, 15) is 8.42 Å². The first-order chi connectivity index (χ1) is 8.38. The molecule has 2 rings (SSSR count). The first-order valence-corrected chi connectivity index (χ1v) is 7.74. The van der Waals surface area contributed by atoms with Crippen molar-refractivity contribution in [2.45, 2.75) is 43.7 Å². The summed E-state index contributed by atoms with van der Waals surface area (Å²) in [4.78, 5) is 0.303. The van der Waals surface area contributed by atoms with Crippen molar-refractivity contribution in [3.8, 4) is 0 Å². The Hall–Kier alpha value is -0.910. The molecule has 0 bridgehead atoms. The van der Waals surface area contributed by atoms with Crippen molar-refractivity contribution in [2.75, 3.05) is 0 Å². The maximum atomic E-state index is 12.2. The number of benzene rings is 1. The van der Waals surface area contributed by atoms with Crippen LogP contribution in [0.15, 0.2) is 29.2 Å². The molecule has 1 saturated carbocycles. The highest BCUT2D eigenvalue weighted by molar-refractivity contribution is 7.89. The zero-order valence-electron chi connectivity index (χ0n) is 10.8. The van der Waals surface area contributed by atoms with Crippen LogP contribution in [0.1, 0.15) is 38.3 Å². The van der Waals surface area contributed by atoms with Gasteiger partial charge in [0.25, 0.3) is 0 Å². The van der Waals surface area contributed by atoms with Crippen LogP contribution in [-0.2, 0) is 10.0 Å². The molecular formula is C13H20N2O2S. The summed E-state index contributed by atoms with van der Waals surface area (Å²) in [7, 11) is -3.41. The molecule has 1 aliphatic carbocycles. The van der Waals surface area contributed by atoms with Crippen LogP contribution in [-0.4, -0.2) is 14.5 Å². The molecule has 0 amide bonds. The Morgan fingerprint density at radius 1 is 1.39 bits per heavy atom. The van der Waals surface area contributed by atoms with Gasteiger partial charge in [-0.15, -0.1) is 0 Å². The molecule has 0 aromatic heterocycles. The Bertz CT molecular complexity index is 520. The van der Waals surface area contributed by atoms with E-state index >= 15 is 0 Å². The van der Waals surface area contributed by atoms with Gasteiger partial charge in [-0.25, -0.2) is 13.1 Å². The van der Waals surface area contributed by atoms with Gasteiger partial charge in [-0.2, -0.15) is 0 Å². The van der Waals surface area contributed by atoms with Gasteiger partial charge in [-0.1, -0.05) is 19.1 Å². The Labute approximate surface area is 109 Å². The Morgan fingerprint density at radius 3 is 2.61 bits per heavy atom. The van der Waals surface area contributed by atoms with Gasteiger partial charge in [-0.3, -0.25) is 0 Å². The summed E-state index contributed by atoms with van der Waals surface area (Å²) in [5.41, 5.74) is 6.60. The molecule has 4 nitrogen and oxygen atoms in total. The van der Waals surface area contributed by atoms with Crippen LogP contribution in [0.2, 0.25) is 0 Å². The van der Waals surface area contributed by atoms with Gasteiger partial charge in [0.15, 0.2) is 0 Å². The lowest BCUT2D eigenvalue weighted by Gasteiger charge is -2.32. The summed E-state index contributed by atoms with van der Waals surface area (Å²) in [5.74, 6) is 0.619. The molecule has 0 spiro atoms. The smallest absolute Gasteiger partial charge is 0.240 e. The molecule has 0 saturated heterocycles. The minimum absolute atomic E-state index is 0.0870. The molecule has 1 aromatic rings. The summed E-state index contributed by atoms with van der Waals surface area (Å²) in [6, 6.07) is 6.75. The fourth-order valence-electron chi connectivity index (χ4n) is 2.25. The van der Waals surface area contributed by atoms with E-state index in [1.54, 1.807) is 18.2 Å². The zero-order chi connectivity index (χ0) is 13.3. The SMILES string of the molecule is CC1CC(NS(=O)(=O)c2cccc(C(C)N)c2)C1. The molecule has 3 N–H and O–H groups in total. The number of nitrogens with one attached hydrogen (secondary N) is 1. The Balaban J connectivity index is 2.16. The monoisotopic (exact) mass is 268 g/mol. The van der Waals surface area contributed by atoms with E-state index in [-0.39, 0.29) is 12.1 Å². The predicted octanol–water partition coefficient (Wildman–Crippen LogP) is 1.78. The van der Waals surface area contributed by atoms with Crippen molar-refractivity contribution in [1.29, 1.82) is 0 Å². The highest BCUT2D eigenvalue weighted by atomic mass is 32.2. The van der Waals surface area contributed by atoms with E-state index < -0.39 is 10.0 Å². The first-order valence-electron chi connectivity index (χ1n) is 6.26. The van der Waals surface area contributed by atoms with Crippen LogP contribution >= 0.6 is 0 Å². The zero-order valence-corrected chi connectivity index (χ0v) is 11.6. The lowest BCUT2D eigenvalue weighted by molar-refractivity contribution is 0.270. The lowest BCUT2D eigenvalue weighted by Crippen LogP contribution is -2.43. The molecule has 1 atom stereocenters. The van der Waals surface area contributed by atoms with Crippen LogP contribution in [0, 0.1) is 5.92 Å². The molecule has 1 unspecified atom stereocenters. The third-order valence-electron chi connectivity index (χ3n) is 3.39. The number of nitrogens with two attached hydrogens (primary N) is 1. The molecule has 0 radical (unpaired) electrons. The number of sulfonamides is 1. The molecule has 5 heteroatoms. The van der Waals surface area contributed by atoms with Gasteiger partial charge >= 0.3 is 0 Å². The second-order valence-corrected chi connectivity index (χ2v) is 6.97. The van der Waals surface area contributed by atoms with Gasteiger partial charge in [0.1, 0.15) is 0 Å². The van der Waals surface area contributed by atoms with Crippen LogP contribution in [0.4, 0.5) is 0 Å². The van der Waals surface area contributed by atoms with Gasteiger partial charge in [0.05, 0.1) is 4.90 Å². The van der Waals surface area contributed by atoms with E-state index in [1.165, 1.54) is 0 Å². The molecule has 0 aliphatic heterocycles. The van der Waals surface area contributed by atoms with E-state index in [0.29, 0.717) is 10.8 Å². The summed E-state index contributed by atoms with van der Waals surface area (Å²) in [6.45, 7) is 3.97. The Morgan fingerprint density at radius 2 is 2.06 bits per heavy atom. The minimum Gasteiger partial charge on any atom is -0.324 e. The second-order valence-electron chi connectivity index (χ2n) is 5.26. The molecule has 1 aromatic carbocycles. The standard InChI is InChI=1S/C13H20N2O2S/c1-9-6-12(7-9)15-18(16,17)13-5-3-4-11(8-13)10(2)14/h3-5,8-10,12,15H,6-7,14H2,1-2H3. The number of rotatable bonds is 4. The number of hydrogen-bond acceptors (Lipinski definition) is 3. The van der Waals surface area contributed by atoms with Crippen LogP contribution in [0.5, 0.6) is 0 Å². The maximum Gasteiger partial charge on any atom is 0.240 e. The van der Waals surface area contributed by atoms with Gasteiger partial charge < -0.3 is 5.73 Å². The van der Waals surface area contributed by atoms with Crippen LogP contribution < -0.4 is 10.5 Å². The lowest BCUT2D eigenvalue weighted by atomic mass is 9.83. The van der Waals surface area contributed by atoms with Crippen molar-refractivity contribution in [2.24, 2.45) is 11.7 Å². The van der Waals surface area contributed by atoms with Gasteiger partial charge in [-0.05, 0) is 43.4 Å². The quantitative estimate of drug-likeness (QED) is 0.874. The molecule has 18 heavy (non-hydrogen) atoms. The summed E-state index contributed by atoms with van der Waals surface area (Å²) >= 11 is 0. The normalized spacial score (nSPS) is 25.5. The van der Waals surface area contributed by atoms with Crippen molar-refractivity contribution >= 4 is 10.0 Å². The van der Waals surface area contributed by atoms with E-state index in [0.717, 1.165) is 18.4 Å². The third-order valence-corrected chi connectivity index (χ3v) is 4.91. The first kappa shape index (κ1) is 13.5. The average Bonchev–Trinajstić information content (AvgIpc) is 2.27. The molecule has 100 valence electrons. The third kappa shape index (κ3) is 2.91. The fraction of sp³-hybridized carbons (Fsp3) is 0.538. The summed E-state index contributed by atoms with van der Waals surface area (Å²) in [5, 5.41) is 0. The number of hydrogen-bond donors (Lipinski definition) is 2. The van der Waals surface area contributed by atoms with Crippen molar-refractivity contribution in [3.05, 3.63) is 29.8 Å². The fourth-order valence-corrected chi connectivity index (χ4v) is 3.57. The van der Waals surface area contributed by atoms with Gasteiger partial charge in [0.2, 0.25) is 10.0 Å². The highest BCUT2D eigenvalue weighted by Crippen LogP contribution is 2.28. The van der Waals surface area contributed by atoms with Crippen molar-refractivity contribution < 1.29 is 8.42 Å². The average molecular weight is 268 g/mol. The van der Waals surface area contributed by atoms with Crippen LogP contribution in [0.3, 0.4) is 0 Å². The van der Waals surface area contributed by atoms with Crippen molar-refractivity contribution in [3.63, 3.8) is 0 Å². The second kappa shape index (κ2) is 4.99. The molecular weight excluding hydrogens is 248 g/mol. The Kier molecular flexibility index (Phi) is 3.75. The molecule has 1 fully saturated rings. The topological polar surface area (TPSA) is 72.2 Å². The van der Waals surface area contributed by atoms with Crippen LogP contribution in [0.25, 0.3) is 0 Å². The molecule has 0 heterocycles. The van der Waals surface area contributed by atoms with Gasteiger partial charge in [0, 0.05) is 12.1 Å². The van der Waals surface area contributed by atoms with E-state index in [2.05, 4.69) is 11.6 Å². The highest BCUT2D eigenvalue weighted by Gasteiger charge is 2.29. The van der Waals surface area contributed by atoms with E-state index in [1.807, 2.05) is 13.0 Å². The predicted molar refractivity (Wildman–Crippen MR) is 71.6 cm³/mol. The maximum absolute atomic E-state index is 12.2. The minimum atomic E-state index is -3.41. The summed E-state index contributed by atoms with van der Waals surface area (Å²) < 4.78 is 27.1.